The molecule has 0 radical (unpaired) electrons. The van der Waals surface area contributed by atoms with Crippen LogP contribution in [0.1, 0.15) is 38.2 Å². The molecule has 0 aliphatic carbocycles. The van der Waals surface area contributed by atoms with Crippen LogP contribution < -0.4 is 15.9 Å². The van der Waals surface area contributed by atoms with Gasteiger partial charge in [0.2, 0.25) is 0 Å². The summed E-state index contributed by atoms with van der Waals surface area (Å²) in [5.74, 6) is 0. The summed E-state index contributed by atoms with van der Waals surface area (Å²) in [5.41, 5.74) is 1.53. The van der Waals surface area contributed by atoms with Crippen molar-refractivity contribution >= 4 is 40.8 Å². The zero-order valence-electron chi connectivity index (χ0n) is 15.5. The molecule has 0 heterocycles. The molecule has 3 aromatic rings. The molecule has 0 N–H and O–H groups in total. The van der Waals surface area contributed by atoms with Gasteiger partial charge in [0.05, 0.1) is 0 Å². The van der Waals surface area contributed by atoms with Crippen molar-refractivity contribution in [2.75, 3.05) is 0 Å². The summed E-state index contributed by atoms with van der Waals surface area (Å²) in [6.45, 7) is 2.28. The molecule has 2 heteroatoms. The van der Waals surface area contributed by atoms with Gasteiger partial charge in [0, 0.05) is 0 Å². The third-order valence-corrected chi connectivity index (χ3v) is 7.11. The molecule has 0 bridgehead atoms. The topological polar surface area (TPSA) is 0 Å². The van der Waals surface area contributed by atoms with Crippen molar-refractivity contribution in [3.05, 3.63) is 90.5 Å². The average Bonchev–Trinajstić information content (AvgIpc) is 2.68. The van der Waals surface area contributed by atoms with Crippen LogP contribution in [-0.4, -0.2) is 0 Å². The van der Waals surface area contributed by atoms with Gasteiger partial charge in [-0.15, -0.1) is 17.0 Å². The minimum absolute atomic E-state index is 0. The first kappa shape index (κ1) is 20.9. The standard InChI is InChI=1S/C24H27P.BrH/c1-2-3-4-7-14-21-15-12-13-20-24(21)25(22-16-8-5-9-17-22)23-18-10-6-11-19-23;/h5-6,8-13,15-20H,2-4,7,14H2,1H3;1H. The Morgan fingerprint density at radius 1 is 0.615 bits per heavy atom. The van der Waals surface area contributed by atoms with Gasteiger partial charge >= 0.3 is 0 Å². The zero-order valence-corrected chi connectivity index (χ0v) is 18.1. The lowest BCUT2D eigenvalue weighted by Crippen LogP contribution is -2.23. The molecule has 136 valence electrons. The maximum atomic E-state index is 2.35. The summed E-state index contributed by atoms with van der Waals surface area (Å²) in [4.78, 5) is 0. The van der Waals surface area contributed by atoms with E-state index in [1.807, 2.05) is 0 Å². The quantitative estimate of drug-likeness (QED) is 0.299. The molecule has 0 unspecified atom stereocenters. The van der Waals surface area contributed by atoms with Gasteiger partial charge in [-0.25, -0.2) is 0 Å². The lowest BCUT2D eigenvalue weighted by atomic mass is 10.1. The number of halogens is 1. The second-order valence-electron chi connectivity index (χ2n) is 6.45. The van der Waals surface area contributed by atoms with Crippen molar-refractivity contribution in [1.82, 2.24) is 0 Å². The van der Waals surface area contributed by atoms with E-state index in [0.717, 1.165) is 0 Å². The Labute approximate surface area is 170 Å². The highest BCUT2D eigenvalue weighted by atomic mass is 79.9. The van der Waals surface area contributed by atoms with Gasteiger partial charge in [-0.1, -0.05) is 111 Å². The van der Waals surface area contributed by atoms with Crippen LogP contribution in [0.4, 0.5) is 0 Å². The van der Waals surface area contributed by atoms with Crippen molar-refractivity contribution in [3.8, 4) is 0 Å². The third kappa shape index (κ3) is 5.53. The minimum Gasteiger partial charge on any atom is -0.114 e. The van der Waals surface area contributed by atoms with E-state index >= 15 is 0 Å². The van der Waals surface area contributed by atoms with E-state index in [0.29, 0.717) is 0 Å². The molecule has 0 fully saturated rings. The van der Waals surface area contributed by atoms with Crippen molar-refractivity contribution < 1.29 is 0 Å². The number of aryl methyl sites for hydroxylation is 1. The van der Waals surface area contributed by atoms with Crippen LogP contribution in [-0.2, 0) is 6.42 Å². The van der Waals surface area contributed by atoms with Gasteiger partial charge in [0.25, 0.3) is 0 Å². The summed E-state index contributed by atoms with van der Waals surface area (Å²) in [6.07, 6.45) is 6.45. The van der Waals surface area contributed by atoms with Crippen molar-refractivity contribution in [2.24, 2.45) is 0 Å². The summed E-state index contributed by atoms with van der Waals surface area (Å²) in [7, 11) is -0.491. The van der Waals surface area contributed by atoms with Crippen LogP contribution in [0.25, 0.3) is 0 Å². The molecule has 0 nitrogen and oxygen atoms in total. The minimum atomic E-state index is -0.491. The fourth-order valence-corrected chi connectivity index (χ4v) is 5.77. The first-order valence-corrected chi connectivity index (χ1v) is 10.7. The SMILES string of the molecule is Br.CCCCCCc1ccccc1P(c1ccccc1)c1ccccc1. The molecular formula is C24H28BrP. The van der Waals surface area contributed by atoms with Gasteiger partial charge < -0.3 is 0 Å². The van der Waals surface area contributed by atoms with Crippen LogP contribution in [0.3, 0.4) is 0 Å². The molecule has 0 amide bonds. The van der Waals surface area contributed by atoms with E-state index in [4.69, 9.17) is 0 Å². The van der Waals surface area contributed by atoms with Crippen molar-refractivity contribution in [1.29, 1.82) is 0 Å². The van der Waals surface area contributed by atoms with Crippen LogP contribution in [0.2, 0.25) is 0 Å². The molecule has 3 rings (SSSR count). The predicted molar refractivity (Wildman–Crippen MR) is 123 cm³/mol. The normalized spacial score (nSPS) is 10.5. The fourth-order valence-electron chi connectivity index (χ4n) is 3.26. The van der Waals surface area contributed by atoms with Gasteiger partial charge in [0.1, 0.15) is 0 Å². The van der Waals surface area contributed by atoms with E-state index in [-0.39, 0.29) is 17.0 Å². The van der Waals surface area contributed by atoms with Crippen LogP contribution >= 0.6 is 24.9 Å². The first-order chi connectivity index (χ1) is 12.4. The Morgan fingerprint density at radius 2 is 1.15 bits per heavy atom. The number of unbranched alkanes of at least 4 members (excludes halogenated alkanes) is 3. The van der Waals surface area contributed by atoms with E-state index < -0.39 is 7.92 Å². The second kappa shape index (κ2) is 11.3. The Morgan fingerprint density at radius 3 is 1.73 bits per heavy atom. The Balaban J connectivity index is 0.00000243. The summed E-state index contributed by atoms with van der Waals surface area (Å²) < 4.78 is 0. The summed E-state index contributed by atoms with van der Waals surface area (Å²) >= 11 is 0. The van der Waals surface area contributed by atoms with Gasteiger partial charge in [-0.3, -0.25) is 0 Å². The number of hydrogen-bond donors (Lipinski definition) is 0. The van der Waals surface area contributed by atoms with E-state index in [9.17, 15) is 0 Å². The molecule has 0 aliphatic heterocycles. The molecule has 26 heavy (non-hydrogen) atoms. The Hall–Kier alpha value is -1.43. The van der Waals surface area contributed by atoms with Gasteiger partial charge in [-0.2, -0.15) is 0 Å². The van der Waals surface area contributed by atoms with Crippen molar-refractivity contribution in [3.63, 3.8) is 0 Å². The van der Waals surface area contributed by atoms with E-state index in [1.54, 1.807) is 0 Å². The lowest BCUT2D eigenvalue weighted by Gasteiger charge is -2.22. The first-order valence-electron chi connectivity index (χ1n) is 9.38. The molecule has 0 atom stereocenters. The highest BCUT2D eigenvalue weighted by Gasteiger charge is 2.18. The van der Waals surface area contributed by atoms with Crippen molar-refractivity contribution in [2.45, 2.75) is 39.0 Å². The van der Waals surface area contributed by atoms with Crippen LogP contribution in [0, 0.1) is 0 Å². The predicted octanol–water partition coefficient (Wildman–Crippen LogP) is 6.15. The molecule has 3 aromatic carbocycles. The van der Waals surface area contributed by atoms with Crippen LogP contribution in [0.5, 0.6) is 0 Å². The number of benzene rings is 3. The molecular weight excluding hydrogens is 399 g/mol. The maximum absolute atomic E-state index is 2.35. The second-order valence-corrected chi connectivity index (χ2v) is 8.63. The van der Waals surface area contributed by atoms with Gasteiger partial charge in [0.15, 0.2) is 0 Å². The van der Waals surface area contributed by atoms with Crippen LogP contribution in [0.15, 0.2) is 84.9 Å². The highest BCUT2D eigenvalue weighted by Crippen LogP contribution is 2.34. The summed E-state index contributed by atoms with van der Waals surface area (Å²) in [6, 6.07) is 31.1. The molecule has 0 spiro atoms. The smallest absolute Gasteiger partial charge is 0.0119 e. The zero-order chi connectivity index (χ0) is 17.3. The lowest BCUT2D eigenvalue weighted by molar-refractivity contribution is 0.668. The number of hydrogen-bond acceptors (Lipinski definition) is 0. The summed E-state index contributed by atoms with van der Waals surface area (Å²) in [5, 5.41) is 4.39. The molecule has 0 saturated carbocycles. The fraction of sp³-hybridized carbons (Fsp3) is 0.250. The number of rotatable bonds is 8. The van der Waals surface area contributed by atoms with E-state index in [2.05, 4.69) is 91.9 Å². The average molecular weight is 427 g/mol. The van der Waals surface area contributed by atoms with E-state index in [1.165, 1.54) is 53.6 Å². The maximum Gasteiger partial charge on any atom is -0.0119 e. The monoisotopic (exact) mass is 426 g/mol. The Bertz CT molecular complexity index is 716. The third-order valence-electron chi connectivity index (χ3n) is 4.56. The molecule has 0 aromatic heterocycles. The van der Waals surface area contributed by atoms with Gasteiger partial charge in [-0.05, 0) is 42.2 Å². The molecule has 0 saturated heterocycles. The molecule has 0 aliphatic rings. The Kier molecular flexibility index (Phi) is 9.09. The largest absolute Gasteiger partial charge is 0.114 e. The highest BCUT2D eigenvalue weighted by molar-refractivity contribution is 8.93.